The van der Waals surface area contributed by atoms with Crippen molar-refractivity contribution in [3.8, 4) is 0 Å². The molecule has 0 spiro atoms. The predicted octanol–water partition coefficient (Wildman–Crippen LogP) is 2.98. The highest BCUT2D eigenvalue weighted by atomic mass is 32.1. The minimum Gasteiger partial charge on any atom is -0.386 e. The third-order valence-electron chi connectivity index (χ3n) is 4.31. The van der Waals surface area contributed by atoms with E-state index in [1.165, 1.54) is 10.1 Å². The van der Waals surface area contributed by atoms with Crippen molar-refractivity contribution in [2.45, 2.75) is 25.9 Å². The van der Waals surface area contributed by atoms with E-state index >= 15 is 0 Å². The average Bonchev–Trinajstić information content (AvgIpc) is 2.97. The lowest BCUT2D eigenvalue weighted by Gasteiger charge is -2.31. The van der Waals surface area contributed by atoms with Gasteiger partial charge in [0.25, 0.3) is 0 Å². The van der Waals surface area contributed by atoms with Gasteiger partial charge >= 0.3 is 0 Å². The molecule has 5 heteroatoms. The molecule has 1 aliphatic heterocycles. The maximum atomic E-state index is 10.3. The highest BCUT2D eigenvalue weighted by Crippen LogP contribution is 2.29. The monoisotopic (exact) mass is 317 g/mol. The maximum absolute atomic E-state index is 10.3. The van der Waals surface area contributed by atoms with Gasteiger partial charge < -0.3 is 15.7 Å². The zero-order valence-corrected chi connectivity index (χ0v) is 13.7. The van der Waals surface area contributed by atoms with Gasteiger partial charge in [0.1, 0.15) is 6.10 Å². The molecule has 118 valence electrons. The van der Waals surface area contributed by atoms with Crippen molar-refractivity contribution in [2.24, 2.45) is 16.6 Å². The maximum Gasteiger partial charge on any atom is 0.191 e. The van der Waals surface area contributed by atoms with Gasteiger partial charge in [-0.2, -0.15) is 0 Å². The Labute approximate surface area is 135 Å². The first-order chi connectivity index (χ1) is 10.6. The molecule has 1 saturated heterocycles. The number of aliphatic imine (C=N–C) groups is 1. The molecule has 0 radical (unpaired) electrons. The van der Waals surface area contributed by atoms with E-state index < -0.39 is 6.10 Å². The number of hydrogen-bond acceptors (Lipinski definition) is 3. The van der Waals surface area contributed by atoms with Crippen molar-refractivity contribution < 1.29 is 5.11 Å². The van der Waals surface area contributed by atoms with Gasteiger partial charge in [-0.1, -0.05) is 25.1 Å². The number of rotatable bonds is 3. The molecule has 0 amide bonds. The lowest BCUT2D eigenvalue weighted by Crippen LogP contribution is -2.42. The number of guanidine groups is 1. The minimum atomic E-state index is -0.584. The van der Waals surface area contributed by atoms with Crippen molar-refractivity contribution in [1.82, 2.24) is 4.90 Å². The lowest BCUT2D eigenvalue weighted by atomic mass is 10.00. The fourth-order valence-corrected chi connectivity index (χ4v) is 3.82. The number of nitrogens with two attached hydrogens (primary N) is 1. The van der Waals surface area contributed by atoms with E-state index in [0.717, 1.165) is 36.7 Å². The van der Waals surface area contributed by atoms with E-state index in [1.807, 2.05) is 18.2 Å². The third kappa shape index (κ3) is 3.42. The van der Waals surface area contributed by atoms with Crippen LogP contribution in [-0.4, -0.2) is 35.6 Å². The predicted molar refractivity (Wildman–Crippen MR) is 93.2 cm³/mol. The Balaban J connectivity index is 1.63. The summed E-state index contributed by atoms with van der Waals surface area (Å²) in [4.78, 5) is 7.47. The van der Waals surface area contributed by atoms with Gasteiger partial charge in [0.05, 0.1) is 6.54 Å². The van der Waals surface area contributed by atoms with Crippen molar-refractivity contribution in [3.63, 3.8) is 0 Å². The second-order valence-electron chi connectivity index (χ2n) is 6.07. The highest BCUT2D eigenvalue weighted by Gasteiger charge is 2.17. The van der Waals surface area contributed by atoms with Crippen molar-refractivity contribution in [1.29, 1.82) is 0 Å². The zero-order valence-electron chi connectivity index (χ0n) is 12.9. The molecule has 3 rings (SSSR count). The van der Waals surface area contributed by atoms with Gasteiger partial charge in [0.15, 0.2) is 5.96 Å². The number of hydrogen-bond donors (Lipinski definition) is 2. The normalized spacial score (nSPS) is 18.8. The molecule has 2 heterocycles. The van der Waals surface area contributed by atoms with E-state index in [2.05, 4.69) is 28.9 Å². The number of nitrogens with zero attached hydrogens (tertiary/aromatic N) is 2. The molecule has 2 aromatic rings. The summed E-state index contributed by atoms with van der Waals surface area (Å²) in [5.41, 5.74) is 6.06. The zero-order chi connectivity index (χ0) is 15.5. The van der Waals surface area contributed by atoms with Crippen LogP contribution in [-0.2, 0) is 0 Å². The number of likely N-dealkylation sites (tertiary alicyclic amines) is 1. The number of aliphatic hydroxyl groups excluding tert-OH is 1. The van der Waals surface area contributed by atoms with E-state index in [9.17, 15) is 5.11 Å². The summed E-state index contributed by atoms with van der Waals surface area (Å²) in [5.74, 6) is 1.33. The van der Waals surface area contributed by atoms with E-state index in [0.29, 0.717) is 12.5 Å². The van der Waals surface area contributed by atoms with E-state index in [4.69, 9.17) is 5.73 Å². The summed E-state index contributed by atoms with van der Waals surface area (Å²) in [6, 6.07) is 10.2. The molecule has 22 heavy (non-hydrogen) atoms. The van der Waals surface area contributed by atoms with Crippen LogP contribution >= 0.6 is 11.3 Å². The molecular formula is C17H23N3OS. The molecule has 1 atom stereocenters. The Morgan fingerprint density at radius 2 is 2.14 bits per heavy atom. The molecule has 1 aromatic carbocycles. The van der Waals surface area contributed by atoms with E-state index in [1.54, 1.807) is 11.3 Å². The van der Waals surface area contributed by atoms with Crippen molar-refractivity contribution in [3.05, 3.63) is 35.2 Å². The molecule has 1 unspecified atom stereocenters. The smallest absolute Gasteiger partial charge is 0.191 e. The van der Waals surface area contributed by atoms with Crippen LogP contribution in [0.15, 0.2) is 35.3 Å². The summed E-state index contributed by atoms with van der Waals surface area (Å²) in [6.07, 6.45) is 1.74. The second-order valence-corrected chi connectivity index (χ2v) is 7.19. The molecule has 1 fully saturated rings. The Kier molecular flexibility index (Phi) is 4.64. The lowest BCUT2D eigenvalue weighted by molar-refractivity contribution is 0.190. The van der Waals surface area contributed by atoms with Gasteiger partial charge in [-0.15, -0.1) is 11.3 Å². The van der Waals surface area contributed by atoms with Crippen LogP contribution < -0.4 is 5.73 Å². The first kappa shape index (κ1) is 15.3. The Morgan fingerprint density at radius 1 is 1.41 bits per heavy atom. The molecule has 0 bridgehead atoms. The van der Waals surface area contributed by atoms with Gasteiger partial charge in [-0.05, 0) is 36.3 Å². The first-order valence-electron chi connectivity index (χ1n) is 7.85. The van der Waals surface area contributed by atoms with Gasteiger partial charge in [-0.25, -0.2) is 0 Å². The standard InChI is InChI=1S/C17H23N3OS/c1-12-6-8-20(9-7-12)17(18)19-11-14(21)16-10-13-4-2-3-5-15(13)22-16/h2-5,10,12,14,21H,6-9,11H2,1H3,(H2,18,19). The molecule has 4 nitrogen and oxygen atoms in total. The Bertz CT molecular complexity index is 626. The number of aliphatic hydroxyl groups is 1. The Morgan fingerprint density at radius 3 is 2.86 bits per heavy atom. The van der Waals surface area contributed by atoms with E-state index in [-0.39, 0.29) is 0 Å². The molecule has 1 aromatic heterocycles. The molecular weight excluding hydrogens is 294 g/mol. The SMILES string of the molecule is CC1CCN(C(N)=NCC(O)c2cc3ccccc3s2)CC1. The largest absolute Gasteiger partial charge is 0.386 e. The molecule has 1 aliphatic rings. The molecule has 3 N–H and O–H groups in total. The first-order valence-corrected chi connectivity index (χ1v) is 8.66. The van der Waals surface area contributed by atoms with Gasteiger partial charge in [0, 0.05) is 22.7 Å². The highest BCUT2D eigenvalue weighted by molar-refractivity contribution is 7.19. The number of thiophene rings is 1. The van der Waals surface area contributed by atoms with Crippen LogP contribution in [0.5, 0.6) is 0 Å². The quantitative estimate of drug-likeness (QED) is 0.676. The van der Waals surface area contributed by atoms with Crippen LogP contribution in [0.1, 0.15) is 30.7 Å². The van der Waals surface area contributed by atoms with Crippen molar-refractivity contribution in [2.75, 3.05) is 19.6 Å². The third-order valence-corrected chi connectivity index (χ3v) is 5.52. The fraction of sp³-hybridized carbons (Fsp3) is 0.471. The molecule has 0 aliphatic carbocycles. The van der Waals surface area contributed by atoms with Crippen LogP contribution in [0.3, 0.4) is 0 Å². The van der Waals surface area contributed by atoms with Crippen LogP contribution in [0.25, 0.3) is 10.1 Å². The van der Waals surface area contributed by atoms with Crippen LogP contribution in [0.2, 0.25) is 0 Å². The number of fused-ring (bicyclic) bond motifs is 1. The summed E-state index contributed by atoms with van der Waals surface area (Å²) in [5, 5.41) is 11.5. The summed E-state index contributed by atoms with van der Waals surface area (Å²) >= 11 is 1.62. The van der Waals surface area contributed by atoms with Crippen LogP contribution in [0, 0.1) is 5.92 Å². The minimum absolute atomic E-state index is 0.324. The Hall–Kier alpha value is -1.59. The summed E-state index contributed by atoms with van der Waals surface area (Å²) < 4.78 is 1.19. The fourth-order valence-electron chi connectivity index (χ4n) is 2.77. The van der Waals surface area contributed by atoms with Crippen molar-refractivity contribution >= 4 is 27.4 Å². The summed E-state index contributed by atoms with van der Waals surface area (Å²) in [7, 11) is 0. The second kappa shape index (κ2) is 6.67. The van der Waals surface area contributed by atoms with Crippen LogP contribution in [0.4, 0.5) is 0 Å². The number of piperidine rings is 1. The summed E-state index contributed by atoms with van der Waals surface area (Å²) in [6.45, 7) is 4.53. The van der Waals surface area contributed by atoms with Gasteiger partial charge in [-0.3, -0.25) is 4.99 Å². The van der Waals surface area contributed by atoms with Gasteiger partial charge in [0.2, 0.25) is 0 Å². The molecule has 0 saturated carbocycles. The topological polar surface area (TPSA) is 61.8 Å². The average molecular weight is 317 g/mol. The number of benzene rings is 1.